The molecule has 0 bridgehead atoms. The quantitative estimate of drug-likeness (QED) is 0.644. The number of ether oxygens (including phenoxy) is 1. The summed E-state index contributed by atoms with van der Waals surface area (Å²) >= 11 is 2.15. The first kappa shape index (κ1) is 19.7. The second kappa shape index (κ2) is 9.09. The van der Waals surface area contributed by atoms with Crippen molar-refractivity contribution in [2.45, 2.75) is 46.2 Å². The number of carbonyl (C=O) groups excluding carboxylic acids is 2. The Morgan fingerprint density at radius 3 is 2.52 bits per heavy atom. The standard InChI is InChI=1S/C15H25IN4O3/c1-6-7-20(10(4)13-17-8-11(16)18-13)14(21)12(9(2)3)19-15(22)23-5/h8-10,12H,6-7H2,1-5H3,(H,17,18)(H,19,22)/t10-,12-/m0/s1. The number of hydrogen-bond donors (Lipinski definition) is 2. The largest absolute Gasteiger partial charge is 0.453 e. The molecule has 0 saturated carbocycles. The van der Waals surface area contributed by atoms with Gasteiger partial charge in [0, 0.05) is 6.54 Å². The number of rotatable bonds is 7. The Hall–Kier alpha value is -1.32. The normalized spacial score (nSPS) is 13.5. The molecular formula is C15H25IN4O3. The average molecular weight is 436 g/mol. The minimum Gasteiger partial charge on any atom is -0.453 e. The van der Waals surface area contributed by atoms with Crippen LogP contribution in [0.4, 0.5) is 4.79 Å². The van der Waals surface area contributed by atoms with E-state index in [1.807, 2.05) is 27.7 Å². The highest BCUT2D eigenvalue weighted by molar-refractivity contribution is 14.1. The SMILES string of the molecule is CCCN(C(=O)[C@@H](NC(=O)OC)C(C)C)[C@@H](C)c1ncc(I)[nH]1. The number of imidazole rings is 1. The summed E-state index contributed by atoms with van der Waals surface area (Å²) < 4.78 is 5.55. The lowest BCUT2D eigenvalue weighted by Crippen LogP contribution is -2.52. The summed E-state index contributed by atoms with van der Waals surface area (Å²) in [5, 5.41) is 2.63. The summed E-state index contributed by atoms with van der Waals surface area (Å²) in [4.78, 5) is 33.7. The van der Waals surface area contributed by atoms with Crippen molar-refractivity contribution in [2.75, 3.05) is 13.7 Å². The van der Waals surface area contributed by atoms with E-state index in [0.717, 1.165) is 15.9 Å². The molecule has 2 amide bonds. The van der Waals surface area contributed by atoms with Gasteiger partial charge in [-0.2, -0.15) is 0 Å². The number of amides is 2. The van der Waals surface area contributed by atoms with Crippen molar-refractivity contribution in [2.24, 2.45) is 5.92 Å². The number of nitrogens with one attached hydrogen (secondary N) is 2. The first-order chi connectivity index (χ1) is 10.8. The first-order valence-corrected chi connectivity index (χ1v) is 8.75. The number of aromatic nitrogens is 2. The van der Waals surface area contributed by atoms with Crippen molar-refractivity contribution >= 4 is 34.6 Å². The van der Waals surface area contributed by atoms with Crippen LogP contribution >= 0.6 is 22.6 Å². The number of aromatic amines is 1. The molecule has 0 unspecified atom stereocenters. The third-order valence-electron chi connectivity index (χ3n) is 3.57. The predicted octanol–water partition coefficient (Wildman–Crippen LogP) is 2.69. The van der Waals surface area contributed by atoms with Gasteiger partial charge in [0.15, 0.2) is 0 Å². The van der Waals surface area contributed by atoms with E-state index < -0.39 is 12.1 Å². The van der Waals surface area contributed by atoms with Crippen LogP contribution in [0.1, 0.15) is 46.0 Å². The molecule has 7 nitrogen and oxygen atoms in total. The van der Waals surface area contributed by atoms with Crippen molar-refractivity contribution in [1.82, 2.24) is 20.2 Å². The summed E-state index contributed by atoms with van der Waals surface area (Å²) in [6.07, 6.45) is 1.94. The summed E-state index contributed by atoms with van der Waals surface area (Å²) in [6.45, 7) is 8.31. The van der Waals surface area contributed by atoms with E-state index in [4.69, 9.17) is 0 Å². The number of nitrogens with zero attached hydrogens (tertiary/aromatic N) is 2. The Kier molecular flexibility index (Phi) is 7.80. The van der Waals surface area contributed by atoms with Gasteiger partial charge in [-0.05, 0) is 41.9 Å². The van der Waals surface area contributed by atoms with Gasteiger partial charge < -0.3 is 19.9 Å². The minimum absolute atomic E-state index is 0.0510. The summed E-state index contributed by atoms with van der Waals surface area (Å²) in [6, 6.07) is -0.836. The fourth-order valence-corrected chi connectivity index (χ4v) is 2.70. The Bertz CT molecular complexity index is 533. The monoisotopic (exact) mass is 436 g/mol. The van der Waals surface area contributed by atoms with Crippen molar-refractivity contribution < 1.29 is 14.3 Å². The van der Waals surface area contributed by atoms with E-state index in [9.17, 15) is 9.59 Å². The molecule has 0 aromatic carbocycles. The van der Waals surface area contributed by atoms with Gasteiger partial charge in [0.2, 0.25) is 5.91 Å². The molecule has 8 heteroatoms. The van der Waals surface area contributed by atoms with E-state index in [-0.39, 0.29) is 17.9 Å². The van der Waals surface area contributed by atoms with Crippen LogP contribution in [-0.2, 0) is 9.53 Å². The zero-order valence-corrected chi connectivity index (χ0v) is 16.4. The lowest BCUT2D eigenvalue weighted by Gasteiger charge is -2.32. The summed E-state index contributed by atoms with van der Waals surface area (Å²) in [5.74, 6) is 0.549. The molecule has 0 spiro atoms. The highest BCUT2D eigenvalue weighted by atomic mass is 127. The number of hydrogen-bond acceptors (Lipinski definition) is 4. The van der Waals surface area contributed by atoms with Gasteiger partial charge in [-0.25, -0.2) is 9.78 Å². The number of halogens is 1. The highest BCUT2D eigenvalue weighted by Crippen LogP contribution is 2.21. The van der Waals surface area contributed by atoms with E-state index >= 15 is 0 Å². The number of H-pyrrole nitrogens is 1. The van der Waals surface area contributed by atoms with Gasteiger partial charge in [0.05, 0.1) is 23.0 Å². The van der Waals surface area contributed by atoms with Crippen LogP contribution in [0.3, 0.4) is 0 Å². The molecule has 0 saturated heterocycles. The maximum Gasteiger partial charge on any atom is 0.407 e. The van der Waals surface area contributed by atoms with Crippen molar-refractivity contribution in [3.05, 3.63) is 15.7 Å². The smallest absolute Gasteiger partial charge is 0.407 e. The molecule has 2 atom stereocenters. The fraction of sp³-hybridized carbons (Fsp3) is 0.667. The minimum atomic E-state index is -0.634. The molecule has 130 valence electrons. The molecule has 1 aromatic rings. The van der Waals surface area contributed by atoms with Crippen molar-refractivity contribution in [3.8, 4) is 0 Å². The third kappa shape index (κ3) is 5.36. The van der Waals surface area contributed by atoms with Crippen LogP contribution in [0.2, 0.25) is 0 Å². The summed E-state index contributed by atoms with van der Waals surface area (Å²) in [5.41, 5.74) is 0. The van der Waals surface area contributed by atoms with Crippen LogP contribution in [0.5, 0.6) is 0 Å². The molecule has 23 heavy (non-hydrogen) atoms. The molecule has 0 fully saturated rings. The van der Waals surface area contributed by atoms with Crippen molar-refractivity contribution in [1.29, 1.82) is 0 Å². The van der Waals surface area contributed by atoms with Crippen LogP contribution in [0.25, 0.3) is 0 Å². The Morgan fingerprint density at radius 2 is 2.09 bits per heavy atom. The Labute approximate surface area is 150 Å². The highest BCUT2D eigenvalue weighted by Gasteiger charge is 2.32. The molecule has 0 aliphatic rings. The molecular weight excluding hydrogens is 411 g/mol. The molecule has 0 aliphatic carbocycles. The molecule has 1 heterocycles. The first-order valence-electron chi connectivity index (χ1n) is 7.67. The fourth-order valence-electron chi connectivity index (χ4n) is 2.29. The second-order valence-corrected chi connectivity index (χ2v) is 6.84. The topological polar surface area (TPSA) is 87.3 Å². The van der Waals surface area contributed by atoms with E-state index in [2.05, 4.69) is 42.6 Å². The molecule has 2 N–H and O–H groups in total. The van der Waals surface area contributed by atoms with Gasteiger partial charge in [0.1, 0.15) is 11.9 Å². The molecule has 0 radical (unpaired) electrons. The Balaban J connectivity index is 3.00. The van der Waals surface area contributed by atoms with Gasteiger partial charge in [0.25, 0.3) is 0 Å². The predicted molar refractivity (Wildman–Crippen MR) is 95.9 cm³/mol. The summed E-state index contributed by atoms with van der Waals surface area (Å²) in [7, 11) is 1.29. The van der Waals surface area contributed by atoms with E-state index in [1.54, 1.807) is 11.1 Å². The van der Waals surface area contributed by atoms with Gasteiger partial charge in [-0.3, -0.25) is 4.79 Å². The van der Waals surface area contributed by atoms with Crippen LogP contribution in [0, 0.1) is 9.62 Å². The van der Waals surface area contributed by atoms with Crippen LogP contribution in [0.15, 0.2) is 6.20 Å². The lowest BCUT2D eigenvalue weighted by molar-refractivity contribution is -0.136. The third-order valence-corrected chi connectivity index (χ3v) is 4.11. The number of carbonyl (C=O) groups is 2. The number of methoxy groups -OCH3 is 1. The maximum atomic E-state index is 13.0. The number of alkyl carbamates (subject to hydrolysis) is 1. The van der Waals surface area contributed by atoms with E-state index in [1.165, 1.54) is 7.11 Å². The van der Waals surface area contributed by atoms with Gasteiger partial charge >= 0.3 is 6.09 Å². The second-order valence-electron chi connectivity index (χ2n) is 5.68. The van der Waals surface area contributed by atoms with Crippen LogP contribution < -0.4 is 5.32 Å². The van der Waals surface area contributed by atoms with Gasteiger partial charge in [-0.15, -0.1) is 0 Å². The molecule has 1 rings (SSSR count). The van der Waals surface area contributed by atoms with Gasteiger partial charge in [-0.1, -0.05) is 20.8 Å². The Morgan fingerprint density at radius 1 is 1.43 bits per heavy atom. The zero-order valence-electron chi connectivity index (χ0n) is 14.2. The average Bonchev–Trinajstić information content (AvgIpc) is 2.94. The molecule has 0 aliphatic heterocycles. The molecule has 1 aromatic heterocycles. The van der Waals surface area contributed by atoms with E-state index in [0.29, 0.717) is 6.54 Å². The maximum absolute atomic E-state index is 13.0. The van der Waals surface area contributed by atoms with Crippen LogP contribution in [-0.4, -0.2) is 46.6 Å². The van der Waals surface area contributed by atoms with Crippen molar-refractivity contribution in [3.63, 3.8) is 0 Å². The lowest BCUT2D eigenvalue weighted by atomic mass is 10.0. The zero-order chi connectivity index (χ0) is 17.6.